The number of aryl methyl sites for hydroxylation is 2. The maximum absolute atomic E-state index is 12.0. The van der Waals surface area contributed by atoms with Crippen molar-refractivity contribution in [3.8, 4) is 0 Å². The number of carbonyl (C=O) groups excluding carboxylic acids is 1. The van der Waals surface area contributed by atoms with Crippen molar-refractivity contribution >= 4 is 17.7 Å². The third kappa shape index (κ3) is 3.74. The highest BCUT2D eigenvalue weighted by molar-refractivity contribution is 7.98. The second-order valence-electron chi connectivity index (χ2n) is 4.53. The maximum atomic E-state index is 12.0. The van der Waals surface area contributed by atoms with Crippen LogP contribution >= 0.6 is 11.8 Å². The Kier molecular flexibility index (Phi) is 5.22. The summed E-state index contributed by atoms with van der Waals surface area (Å²) in [7, 11) is 0. The Morgan fingerprint density at radius 2 is 2.28 bits per heavy atom. The van der Waals surface area contributed by atoms with Gasteiger partial charge in [0.1, 0.15) is 11.3 Å². The Morgan fingerprint density at radius 1 is 1.61 bits per heavy atom. The fourth-order valence-corrected chi connectivity index (χ4v) is 2.40. The Hall–Kier alpha value is -1.01. The smallest absolute Gasteiger partial charge is 0.256 e. The number of hydrogen-bond donors (Lipinski definition) is 2. The van der Waals surface area contributed by atoms with E-state index in [4.69, 9.17) is 4.52 Å². The van der Waals surface area contributed by atoms with Crippen molar-refractivity contribution < 1.29 is 14.4 Å². The summed E-state index contributed by atoms with van der Waals surface area (Å²) in [5.41, 5.74) is 0.221. The van der Waals surface area contributed by atoms with E-state index in [0.717, 1.165) is 0 Å². The first-order valence-electron chi connectivity index (χ1n) is 5.86. The van der Waals surface area contributed by atoms with E-state index in [1.807, 2.05) is 13.2 Å². The number of amides is 1. The minimum Gasteiger partial charge on any atom is -0.387 e. The van der Waals surface area contributed by atoms with Gasteiger partial charge in [-0.15, -0.1) is 0 Å². The summed E-state index contributed by atoms with van der Waals surface area (Å²) >= 11 is 1.54. The van der Waals surface area contributed by atoms with Crippen LogP contribution in [0.15, 0.2) is 4.52 Å². The predicted molar refractivity (Wildman–Crippen MR) is 72.0 cm³/mol. The van der Waals surface area contributed by atoms with E-state index in [-0.39, 0.29) is 12.5 Å². The summed E-state index contributed by atoms with van der Waals surface area (Å²) in [6.45, 7) is 5.53. The molecule has 0 aliphatic heterocycles. The molecule has 2 N–H and O–H groups in total. The van der Waals surface area contributed by atoms with Crippen molar-refractivity contribution in [2.75, 3.05) is 18.6 Å². The molecule has 0 radical (unpaired) electrons. The molecule has 1 amide bonds. The van der Waals surface area contributed by atoms with Crippen molar-refractivity contribution in [3.05, 3.63) is 17.0 Å². The van der Waals surface area contributed by atoms with Crippen molar-refractivity contribution in [3.63, 3.8) is 0 Å². The fourth-order valence-electron chi connectivity index (χ4n) is 1.67. The van der Waals surface area contributed by atoms with E-state index in [1.165, 1.54) is 11.8 Å². The van der Waals surface area contributed by atoms with Crippen LogP contribution in [-0.4, -0.2) is 40.3 Å². The van der Waals surface area contributed by atoms with E-state index in [2.05, 4.69) is 10.5 Å². The van der Waals surface area contributed by atoms with Gasteiger partial charge in [-0.05, 0) is 26.5 Å². The third-order valence-corrected chi connectivity index (χ3v) is 3.49. The van der Waals surface area contributed by atoms with E-state index in [1.54, 1.807) is 13.8 Å². The minimum absolute atomic E-state index is 0.209. The van der Waals surface area contributed by atoms with Gasteiger partial charge < -0.3 is 14.9 Å². The lowest BCUT2D eigenvalue weighted by atomic mass is 10.1. The SMILES string of the molecule is CCc1noc(C)c1C(=O)NCC(C)(O)CSC. The highest BCUT2D eigenvalue weighted by atomic mass is 32.2. The quantitative estimate of drug-likeness (QED) is 0.818. The average molecular weight is 272 g/mol. The molecule has 0 aliphatic carbocycles. The molecular weight excluding hydrogens is 252 g/mol. The average Bonchev–Trinajstić information content (AvgIpc) is 2.67. The first-order chi connectivity index (χ1) is 8.41. The van der Waals surface area contributed by atoms with Gasteiger partial charge in [-0.1, -0.05) is 12.1 Å². The van der Waals surface area contributed by atoms with Gasteiger partial charge in [0.15, 0.2) is 0 Å². The number of nitrogens with zero attached hydrogens (tertiary/aromatic N) is 1. The van der Waals surface area contributed by atoms with Gasteiger partial charge in [0.25, 0.3) is 5.91 Å². The lowest BCUT2D eigenvalue weighted by Crippen LogP contribution is -2.42. The number of nitrogens with one attached hydrogen (secondary N) is 1. The van der Waals surface area contributed by atoms with Crippen LogP contribution in [-0.2, 0) is 6.42 Å². The van der Waals surface area contributed by atoms with Crippen LogP contribution in [0.1, 0.15) is 35.7 Å². The summed E-state index contributed by atoms with van der Waals surface area (Å²) in [6.07, 6.45) is 2.55. The number of thioether (sulfide) groups is 1. The molecule has 0 aromatic carbocycles. The van der Waals surface area contributed by atoms with Crippen LogP contribution in [0.5, 0.6) is 0 Å². The zero-order valence-electron chi connectivity index (χ0n) is 11.2. The lowest BCUT2D eigenvalue weighted by molar-refractivity contribution is 0.0723. The van der Waals surface area contributed by atoms with Gasteiger partial charge in [0, 0.05) is 12.3 Å². The molecule has 0 saturated carbocycles. The van der Waals surface area contributed by atoms with Crippen molar-refractivity contribution in [2.24, 2.45) is 0 Å². The second-order valence-corrected chi connectivity index (χ2v) is 5.39. The molecule has 1 rings (SSSR count). The van der Waals surface area contributed by atoms with Crippen molar-refractivity contribution in [2.45, 2.75) is 32.8 Å². The number of rotatable bonds is 6. The molecule has 1 aromatic heterocycles. The molecule has 1 unspecified atom stereocenters. The first kappa shape index (κ1) is 15.0. The Bertz CT molecular complexity index is 415. The Morgan fingerprint density at radius 3 is 2.83 bits per heavy atom. The summed E-state index contributed by atoms with van der Waals surface area (Å²) in [4.78, 5) is 12.0. The molecule has 1 aromatic rings. The topological polar surface area (TPSA) is 75.4 Å². The van der Waals surface area contributed by atoms with Gasteiger partial charge in [0.05, 0.1) is 11.3 Å². The van der Waals surface area contributed by atoms with Crippen molar-refractivity contribution in [1.29, 1.82) is 0 Å². The standard InChI is InChI=1S/C12H20N2O3S/c1-5-9-10(8(2)17-14-9)11(15)13-6-12(3,16)7-18-4/h16H,5-7H2,1-4H3,(H,13,15). The molecule has 0 bridgehead atoms. The molecule has 6 heteroatoms. The molecule has 5 nitrogen and oxygen atoms in total. The number of aliphatic hydroxyl groups is 1. The Balaban J connectivity index is 2.68. The van der Waals surface area contributed by atoms with Gasteiger partial charge in [-0.25, -0.2) is 0 Å². The molecule has 0 saturated heterocycles. The van der Waals surface area contributed by atoms with E-state index in [0.29, 0.717) is 29.2 Å². The van der Waals surface area contributed by atoms with Gasteiger partial charge in [0.2, 0.25) is 0 Å². The molecule has 102 valence electrons. The molecule has 0 spiro atoms. The minimum atomic E-state index is -0.910. The molecule has 0 aliphatic rings. The van der Waals surface area contributed by atoms with Crippen LogP contribution in [0, 0.1) is 6.92 Å². The normalized spacial score (nSPS) is 14.3. The number of aromatic nitrogens is 1. The zero-order chi connectivity index (χ0) is 13.8. The van der Waals surface area contributed by atoms with Crippen LogP contribution < -0.4 is 5.32 Å². The van der Waals surface area contributed by atoms with Crippen molar-refractivity contribution in [1.82, 2.24) is 10.5 Å². The lowest BCUT2D eigenvalue weighted by Gasteiger charge is -2.22. The Labute approximate surface area is 111 Å². The fraction of sp³-hybridized carbons (Fsp3) is 0.667. The molecule has 18 heavy (non-hydrogen) atoms. The highest BCUT2D eigenvalue weighted by Crippen LogP contribution is 2.14. The zero-order valence-corrected chi connectivity index (χ0v) is 12.1. The number of carbonyl (C=O) groups is 1. The monoisotopic (exact) mass is 272 g/mol. The molecule has 0 fully saturated rings. The molecule has 1 atom stereocenters. The third-order valence-electron chi connectivity index (χ3n) is 2.58. The summed E-state index contributed by atoms with van der Waals surface area (Å²) in [5, 5.41) is 16.5. The summed E-state index contributed by atoms with van der Waals surface area (Å²) < 4.78 is 5.01. The van der Waals surface area contributed by atoms with Crippen LogP contribution in [0.3, 0.4) is 0 Å². The van der Waals surface area contributed by atoms with Gasteiger partial charge in [-0.3, -0.25) is 4.79 Å². The van der Waals surface area contributed by atoms with Crippen LogP contribution in [0.4, 0.5) is 0 Å². The summed E-state index contributed by atoms with van der Waals surface area (Å²) in [6, 6.07) is 0. The number of hydrogen-bond acceptors (Lipinski definition) is 5. The highest BCUT2D eigenvalue weighted by Gasteiger charge is 2.24. The second kappa shape index (κ2) is 6.24. The van der Waals surface area contributed by atoms with Gasteiger partial charge >= 0.3 is 0 Å². The van der Waals surface area contributed by atoms with E-state index < -0.39 is 5.60 Å². The molecular formula is C12H20N2O3S. The largest absolute Gasteiger partial charge is 0.387 e. The van der Waals surface area contributed by atoms with Crippen LogP contribution in [0.25, 0.3) is 0 Å². The van der Waals surface area contributed by atoms with E-state index in [9.17, 15) is 9.90 Å². The maximum Gasteiger partial charge on any atom is 0.256 e. The first-order valence-corrected chi connectivity index (χ1v) is 7.25. The van der Waals surface area contributed by atoms with Crippen LogP contribution in [0.2, 0.25) is 0 Å². The van der Waals surface area contributed by atoms with Gasteiger partial charge in [-0.2, -0.15) is 11.8 Å². The molecule has 1 heterocycles. The summed E-state index contributed by atoms with van der Waals surface area (Å²) in [5.74, 6) is 0.831. The predicted octanol–water partition coefficient (Wildman–Crippen LogP) is 1.39. The van der Waals surface area contributed by atoms with E-state index >= 15 is 0 Å².